The van der Waals surface area contributed by atoms with Gasteiger partial charge in [0.15, 0.2) is 0 Å². The Balaban J connectivity index is 2.14. The Labute approximate surface area is 48.4 Å². The maximum atomic E-state index is 5.07. The summed E-state index contributed by atoms with van der Waals surface area (Å²) in [4.78, 5) is 0. The van der Waals surface area contributed by atoms with Crippen LogP contribution in [0.4, 0.5) is 0 Å². The van der Waals surface area contributed by atoms with E-state index in [1.54, 1.807) is 7.11 Å². The minimum atomic E-state index is 0.514. The smallest absolute Gasteiger partial charge is 0.102 e. The molecule has 0 aromatic rings. The van der Waals surface area contributed by atoms with Crippen molar-refractivity contribution < 1.29 is 4.74 Å². The van der Waals surface area contributed by atoms with Crippen LogP contribution in [0.15, 0.2) is 0 Å². The lowest BCUT2D eigenvalue weighted by Crippen LogP contribution is -1.96. The van der Waals surface area contributed by atoms with E-state index in [2.05, 4.69) is 0 Å². The average molecular weight is 118 g/mol. The van der Waals surface area contributed by atoms with E-state index in [0.29, 0.717) is 5.44 Å². The third kappa shape index (κ3) is 1.35. The third-order valence-electron chi connectivity index (χ3n) is 1.15. The second-order valence-electron chi connectivity index (χ2n) is 1.68. The van der Waals surface area contributed by atoms with Crippen LogP contribution >= 0.6 is 11.8 Å². The molecule has 1 aliphatic heterocycles. The minimum Gasteiger partial charge on any atom is -0.371 e. The zero-order chi connectivity index (χ0) is 5.11. The van der Waals surface area contributed by atoms with Gasteiger partial charge in [-0.1, -0.05) is 0 Å². The number of hydrogen-bond acceptors (Lipinski definition) is 2. The van der Waals surface area contributed by atoms with Gasteiger partial charge in [0.2, 0.25) is 0 Å². The molecule has 1 atom stereocenters. The first-order chi connectivity index (χ1) is 3.43. The summed E-state index contributed by atoms with van der Waals surface area (Å²) in [7, 11) is 1.78. The van der Waals surface area contributed by atoms with E-state index in [-0.39, 0.29) is 0 Å². The summed E-state index contributed by atoms with van der Waals surface area (Å²) in [6.07, 6.45) is 2.59. The van der Waals surface area contributed by atoms with Gasteiger partial charge in [-0.15, -0.1) is 11.8 Å². The molecule has 1 saturated heterocycles. The van der Waals surface area contributed by atoms with Crippen LogP contribution in [-0.2, 0) is 4.74 Å². The highest BCUT2D eigenvalue weighted by molar-refractivity contribution is 8.00. The van der Waals surface area contributed by atoms with Crippen LogP contribution in [-0.4, -0.2) is 18.3 Å². The number of ether oxygens (including phenoxy) is 1. The highest BCUT2D eigenvalue weighted by atomic mass is 32.2. The molecular weight excluding hydrogens is 108 g/mol. The van der Waals surface area contributed by atoms with Crippen molar-refractivity contribution in [3.63, 3.8) is 0 Å². The lowest BCUT2D eigenvalue weighted by atomic mass is 10.4. The standard InChI is InChI=1S/C5H10OS/c1-6-5-3-2-4-7-5/h5H,2-4H2,1H3/t5-/m0/s1. The van der Waals surface area contributed by atoms with Crippen LogP contribution in [0.5, 0.6) is 0 Å². The highest BCUT2D eigenvalue weighted by Crippen LogP contribution is 2.25. The van der Waals surface area contributed by atoms with Crippen molar-refractivity contribution in [2.75, 3.05) is 12.9 Å². The van der Waals surface area contributed by atoms with Crippen molar-refractivity contribution in [3.05, 3.63) is 0 Å². The first-order valence-electron chi connectivity index (χ1n) is 2.58. The topological polar surface area (TPSA) is 9.23 Å². The van der Waals surface area contributed by atoms with Crippen molar-refractivity contribution in [1.82, 2.24) is 0 Å². The Morgan fingerprint density at radius 3 is 2.86 bits per heavy atom. The quantitative estimate of drug-likeness (QED) is 0.516. The van der Waals surface area contributed by atoms with E-state index in [9.17, 15) is 0 Å². The molecule has 0 aromatic carbocycles. The fraction of sp³-hybridized carbons (Fsp3) is 1.00. The summed E-state index contributed by atoms with van der Waals surface area (Å²) in [5.41, 5.74) is 0.514. The van der Waals surface area contributed by atoms with Crippen molar-refractivity contribution in [1.29, 1.82) is 0 Å². The molecule has 0 spiro atoms. The van der Waals surface area contributed by atoms with Gasteiger partial charge in [0, 0.05) is 7.11 Å². The number of methoxy groups -OCH3 is 1. The van der Waals surface area contributed by atoms with Crippen LogP contribution in [0.2, 0.25) is 0 Å². The molecule has 0 unspecified atom stereocenters. The van der Waals surface area contributed by atoms with Crippen molar-refractivity contribution in [3.8, 4) is 0 Å². The monoisotopic (exact) mass is 118 g/mol. The summed E-state index contributed by atoms with van der Waals surface area (Å²) >= 11 is 1.92. The zero-order valence-corrected chi connectivity index (χ0v) is 5.33. The Morgan fingerprint density at radius 1 is 1.71 bits per heavy atom. The zero-order valence-electron chi connectivity index (χ0n) is 4.52. The first-order valence-corrected chi connectivity index (χ1v) is 3.63. The normalized spacial score (nSPS) is 31.3. The first kappa shape index (κ1) is 5.45. The molecule has 1 fully saturated rings. The van der Waals surface area contributed by atoms with Gasteiger partial charge in [-0.2, -0.15) is 0 Å². The Kier molecular flexibility index (Phi) is 2.00. The molecule has 0 aliphatic carbocycles. The van der Waals surface area contributed by atoms with Gasteiger partial charge in [-0.3, -0.25) is 0 Å². The van der Waals surface area contributed by atoms with E-state index >= 15 is 0 Å². The average Bonchev–Trinajstić information content (AvgIpc) is 2.14. The third-order valence-corrected chi connectivity index (χ3v) is 2.48. The summed E-state index contributed by atoms with van der Waals surface area (Å²) < 4.78 is 5.07. The molecule has 0 radical (unpaired) electrons. The van der Waals surface area contributed by atoms with Gasteiger partial charge < -0.3 is 4.74 Å². The molecule has 0 saturated carbocycles. The molecule has 0 N–H and O–H groups in total. The van der Waals surface area contributed by atoms with Gasteiger partial charge >= 0.3 is 0 Å². The number of rotatable bonds is 1. The Hall–Kier alpha value is 0.310. The molecule has 42 valence electrons. The fourth-order valence-electron chi connectivity index (χ4n) is 0.734. The van der Waals surface area contributed by atoms with Crippen LogP contribution in [0.1, 0.15) is 12.8 Å². The highest BCUT2D eigenvalue weighted by Gasteiger charge is 2.12. The van der Waals surface area contributed by atoms with E-state index in [1.165, 1.54) is 18.6 Å². The van der Waals surface area contributed by atoms with Gasteiger partial charge in [0.05, 0.1) is 0 Å². The van der Waals surface area contributed by atoms with Crippen LogP contribution in [0, 0.1) is 0 Å². The number of thioether (sulfide) groups is 1. The van der Waals surface area contributed by atoms with Crippen LogP contribution in [0.25, 0.3) is 0 Å². The fourth-order valence-corrected chi connectivity index (χ4v) is 1.80. The maximum absolute atomic E-state index is 5.07. The molecule has 0 aromatic heterocycles. The van der Waals surface area contributed by atoms with E-state index in [4.69, 9.17) is 4.74 Å². The van der Waals surface area contributed by atoms with Crippen LogP contribution in [0.3, 0.4) is 0 Å². The molecule has 1 nitrogen and oxygen atoms in total. The SMILES string of the molecule is CO[C@@H]1CCCS1. The van der Waals surface area contributed by atoms with Gasteiger partial charge in [-0.05, 0) is 18.6 Å². The molecule has 1 rings (SSSR count). The van der Waals surface area contributed by atoms with Gasteiger partial charge in [0.25, 0.3) is 0 Å². The van der Waals surface area contributed by atoms with Crippen LogP contribution < -0.4 is 0 Å². The molecule has 1 heterocycles. The Bertz CT molecular complexity index is 50.0. The van der Waals surface area contributed by atoms with E-state index in [1.807, 2.05) is 11.8 Å². The van der Waals surface area contributed by atoms with Crippen molar-refractivity contribution in [2.24, 2.45) is 0 Å². The van der Waals surface area contributed by atoms with Crippen molar-refractivity contribution >= 4 is 11.8 Å². The van der Waals surface area contributed by atoms with Crippen molar-refractivity contribution in [2.45, 2.75) is 18.3 Å². The molecule has 7 heavy (non-hydrogen) atoms. The molecule has 0 amide bonds. The largest absolute Gasteiger partial charge is 0.371 e. The molecule has 1 aliphatic rings. The maximum Gasteiger partial charge on any atom is 0.102 e. The Morgan fingerprint density at radius 2 is 2.57 bits per heavy atom. The molecular formula is C5H10OS. The summed E-state index contributed by atoms with van der Waals surface area (Å²) in [5.74, 6) is 1.29. The lowest BCUT2D eigenvalue weighted by Gasteiger charge is -2.01. The molecule has 2 heteroatoms. The lowest BCUT2D eigenvalue weighted by molar-refractivity contribution is 0.171. The van der Waals surface area contributed by atoms with E-state index < -0.39 is 0 Å². The van der Waals surface area contributed by atoms with E-state index in [0.717, 1.165) is 0 Å². The predicted octanol–water partition coefficient (Wildman–Crippen LogP) is 1.49. The summed E-state index contributed by atoms with van der Waals surface area (Å²) in [5, 5.41) is 0. The predicted molar refractivity (Wildman–Crippen MR) is 32.5 cm³/mol. The number of hydrogen-bond donors (Lipinski definition) is 0. The minimum absolute atomic E-state index is 0.514. The molecule has 0 bridgehead atoms. The second kappa shape index (κ2) is 2.58. The second-order valence-corrected chi connectivity index (χ2v) is 2.95. The summed E-state index contributed by atoms with van der Waals surface area (Å²) in [6.45, 7) is 0. The summed E-state index contributed by atoms with van der Waals surface area (Å²) in [6, 6.07) is 0. The van der Waals surface area contributed by atoms with Gasteiger partial charge in [-0.25, -0.2) is 0 Å². The van der Waals surface area contributed by atoms with Gasteiger partial charge in [0.1, 0.15) is 5.44 Å².